The van der Waals surface area contributed by atoms with E-state index in [4.69, 9.17) is 5.73 Å². The van der Waals surface area contributed by atoms with Crippen LogP contribution in [0, 0.1) is 11.8 Å². The van der Waals surface area contributed by atoms with Crippen LogP contribution in [0.2, 0.25) is 0 Å². The summed E-state index contributed by atoms with van der Waals surface area (Å²) in [5, 5.41) is 3.06. The van der Waals surface area contributed by atoms with Crippen LogP contribution >= 0.6 is 0 Å². The van der Waals surface area contributed by atoms with E-state index in [-0.39, 0.29) is 23.7 Å². The maximum absolute atomic E-state index is 12.9. The van der Waals surface area contributed by atoms with Crippen molar-refractivity contribution in [1.82, 2.24) is 4.90 Å². The number of nitrogens with one attached hydrogen (secondary N) is 1. The standard InChI is InChI=1S/C26H33N3O2/c27-16-20-5-4-6-21(15-20)18-29(26(31)23-11-12-23)17-19-9-13-24(14-10-19)28-25(30)22-7-2-1-3-8-22/h4-6,9-10,13-15,22-23H,1-3,7-8,11-12,16-18,27H2,(H,28,30). The zero-order valence-corrected chi connectivity index (χ0v) is 18.2. The molecule has 5 nitrogen and oxygen atoms in total. The Morgan fingerprint density at radius 2 is 1.52 bits per heavy atom. The van der Waals surface area contributed by atoms with E-state index in [1.165, 1.54) is 6.42 Å². The predicted molar refractivity (Wildman–Crippen MR) is 123 cm³/mol. The highest BCUT2D eigenvalue weighted by Gasteiger charge is 2.33. The van der Waals surface area contributed by atoms with Gasteiger partial charge in [0.15, 0.2) is 0 Å². The number of anilines is 1. The number of amides is 2. The molecule has 2 aliphatic carbocycles. The van der Waals surface area contributed by atoms with Gasteiger partial charge in [0, 0.05) is 37.2 Å². The number of nitrogens with two attached hydrogens (primary N) is 1. The molecule has 2 saturated carbocycles. The molecule has 0 saturated heterocycles. The lowest BCUT2D eigenvalue weighted by molar-refractivity contribution is -0.133. The first-order valence-electron chi connectivity index (χ1n) is 11.6. The molecular formula is C26H33N3O2. The fraction of sp³-hybridized carbons (Fsp3) is 0.462. The highest BCUT2D eigenvalue weighted by molar-refractivity contribution is 5.92. The summed E-state index contributed by atoms with van der Waals surface area (Å²) in [7, 11) is 0. The molecule has 0 radical (unpaired) electrons. The lowest BCUT2D eigenvalue weighted by atomic mass is 9.88. The molecule has 0 unspecified atom stereocenters. The zero-order valence-electron chi connectivity index (χ0n) is 18.2. The molecule has 0 heterocycles. The lowest BCUT2D eigenvalue weighted by Crippen LogP contribution is -2.31. The molecule has 2 fully saturated rings. The van der Waals surface area contributed by atoms with Crippen LogP contribution in [0.1, 0.15) is 61.6 Å². The highest BCUT2D eigenvalue weighted by atomic mass is 16.2. The molecule has 164 valence electrons. The molecule has 4 rings (SSSR count). The van der Waals surface area contributed by atoms with Crippen molar-refractivity contribution in [2.45, 2.75) is 64.6 Å². The van der Waals surface area contributed by atoms with Crippen molar-refractivity contribution >= 4 is 17.5 Å². The van der Waals surface area contributed by atoms with Crippen LogP contribution in [0.15, 0.2) is 48.5 Å². The molecule has 0 aromatic heterocycles. The van der Waals surface area contributed by atoms with Crippen molar-refractivity contribution in [3.8, 4) is 0 Å². The Bertz CT molecular complexity index is 899. The number of benzene rings is 2. The number of rotatable bonds is 8. The maximum atomic E-state index is 12.9. The van der Waals surface area contributed by atoms with Crippen molar-refractivity contribution in [3.05, 3.63) is 65.2 Å². The van der Waals surface area contributed by atoms with E-state index in [1.807, 2.05) is 41.3 Å². The number of carbonyl (C=O) groups excluding carboxylic acids is 2. The topological polar surface area (TPSA) is 75.4 Å². The summed E-state index contributed by atoms with van der Waals surface area (Å²) in [5.41, 5.74) is 9.86. The average Bonchev–Trinajstić information content (AvgIpc) is 3.65. The van der Waals surface area contributed by atoms with Gasteiger partial charge < -0.3 is 16.0 Å². The molecule has 3 N–H and O–H groups in total. The fourth-order valence-electron chi connectivity index (χ4n) is 4.40. The number of carbonyl (C=O) groups is 2. The molecular weight excluding hydrogens is 386 g/mol. The molecule has 0 aliphatic heterocycles. The van der Waals surface area contributed by atoms with Gasteiger partial charge in [-0.2, -0.15) is 0 Å². The van der Waals surface area contributed by atoms with Crippen LogP contribution in [0.3, 0.4) is 0 Å². The van der Waals surface area contributed by atoms with Gasteiger partial charge in [-0.3, -0.25) is 9.59 Å². The van der Waals surface area contributed by atoms with Crippen molar-refractivity contribution in [2.75, 3.05) is 5.32 Å². The molecule has 2 aromatic rings. The predicted octanol–water partition coefficient (Wildman–Crippen LogP) is 4.60. The molecule has 2 aromatic carbocycles. The van der Waals surface area contributed by atoms with Crippen molar-refractivity contribution < 1.29 is 9.59 Å². The third kappa shape index (κ3) is 5.95. The van der Waals surface area contributed by atoms with Gasteiger partial charge in [0.2, 0.25) is 11.8 Å². The summed E-state index contributed by atoms with van der Waals surface area (Å²) >= 11 is 0. The summed E-state index contributed by atoms with van der Waals surface area (Å²) in [6, 6.07) is 16.1. The Hall–Kier alpha value is -2.66. The Balaban J connectivity index is 1.40. The summed E-state index contributed by atoms with van der Waals surface area (Å²) in [4.78, 5) is 27.3. The molecule has 31 heavy (non-hydrogen) atoms. The van der Waals surface area contributed by atoms with E-state index < -0.39 is 0 Å². The van der Waals surface area contributed by atoms with Crippen molar-refractivity contribution in [2.24, 2.45) is 17.6 Å². The van der Waals surface area contributed by atoms with Crippen LogP contribution in [0.4, 0.5) is 5.69 Å². The van der Waals surface area contributed by atoms with E-state index in [9.17, 15) is 9.59 Å². The molecule has 2 aliphatic rings. The van der Waals surface area contributed by atoms with Crippen LogP contribution in [-0.4, -0.2) is 16.7 Å². The maximum Gasteiger partial charge on any atom is 0.227 e. The average molecular weight is 420 g/mol. The molecule has 0 atom stereocenters. The fourth-order valence-corrected chi connectivity index (χ4v) is 4.40. The monoisotopic (exact) mass is 419 g/mol. The van der Waals surface area contributed by atoms with Gasteiger partial charge >= 0.3 is 0 Å². The second kappa shape index (κ2) is 10.1. The molecule has 5 heteroatoms. The largest absolute Gasteiger partial charge is 0.334 e. The summed E-state index contributed by atoms with van der Waals surface area (Å²) in [6.45, 7) is 1.65. The third-order valence-electron chi connectivity index (χ3n) is 6.41. The van der Waals surface area contributed by atoms with Gasteiger partial charge in [0.1, 0.15) is 0 Å². The van der Waals surface area contributed by atoms with Crippen molar-refractivity contribution in [3.63, 3.8) is 0 Å². The van der Waals surface area contributed by atoms with E-state index in [0.717, 1.165) is 60.9 Å². The summed E-state index contributed by atoms with van der Waals surface area (Å²) in [6.07, 6.45) is 7.51. The Kier molecular flexibility index (Phi) is 7.03. The van der Waals surface area contributed by atoms with Gasteiger partial charge in [0.25, 0.3) is 0 Å². The van der Waals surface area contributed by atoms with E-state index in [1.54, 1.807) is 0 Å². The minimum absolute atomic E-state index is 0.137. The van der Waals surface area contributed by atoms with Gasteiger partial charge in [-0.15, -0.1) is 0 Å². The third-order valence-corrected chi connectivity index (χ3v) is 6.41. The minimum Gasteiger partial charge on any atom is -0.334 e. The first kappa shape index (κ1) is 21.6. The Morgan fingerprint density at radius 3 is 2.19 bits per heavy atom. The van der Waals surface area contributed by atoms with Gasteiger partial charge in [-0.1, -0.05) is 55.7 Å². The molecule has 2 amide bonds. The molecule has 0 bridgehead atoms. The quantitative estimate of drug-likeness (QED) is 0.656. The van der Waals surface area contributed by atoms with E-state index in [2.05, 4.69) is 17.4 Å². The Morgan fingerprint density at radius 1 is 0.839 bits per heavy atom. The number of nitrogens with zero attached hydrogens (tertiary/aromatic N) is 1. The van der Waals surface area contributed by atoms with Gasteiger partial charge in [0.05, 0.1) is 0 Å². The second-order valence-corrected chi connectivity index (χ2v) is 9.01. The first-order chi connectivity index (χ1) is 15.1. The first-order valence-corrected chi connectivity index (χ1v) is 11.6. The Labute approximate surface area is 185 Å². The minimum atomic E-state index is 0.137. The van der Waals surface area contributed by atoms with E-state index in [0.29, 0.717) is 19.6 Å². The number of hydrogen-bond acceptors (Lipinski definition) is 3. The van der Waals surface area contributed by atoms with Crippen molar-refractivity contribution in [1.29, 1.82) is 0 Å². The normalized spacial score (nSPS) is 16.7. The summed E-state index contributed by atoms with van der Waals surface area (Å²) in [5.74, 6) is 0.682. The van der Waals surface area contributed by atoms with Crippen LogP contribution in [0.5, 0.6) is 0 Å². The van der Waals surface area contributed by atoms with Gasteiger partial charge in [-0.25, -0.2) is 0 Å². The second-order valence-electron chi connectivity index (χ2n) is 9.01. The number of hydrogen-bond donors (Lipinski definition) is 2. The SMILES string of the molecule is NCc1cccc(CN(Cc2ccc(NC(=O)C3CCCCC3)cc2)C(=O)C2CC2)c1. The van der Waals surface area contributed by atoms with Gasteiger partial charge in [-0.05, 0) is 54.5 Å². The van der Waals surface area contributed by atoms with E-state index >= 15 is 0 Å². The van der Waals surface area contributed by atoms with Crippen LogP contribution in [-0.2, 0) is 29.2 Å². The zero-order chi connectivity index (χ0) is 21.6. The lowest BCUT2D eigenvalue weighted by Gasteiger charge is -2.24. The van der Waals surface area contributed by atoms with Crippen LogP contribution in [0.25, 0.3) is 0 Å². The molecule has 0 spiro atoms. The summed E-state index contributed by atoms with van der Waals surface area (Å²) < 4.78 is 0. The highest BCUT2D eigenvalue weighted by Crippen LogP contribution is 2.32. The van der Waals surface area contributed by atoms with Crippen LogP contribution < -0.4 is 11.1 Å². The smallest absolute Gasteiger partial charge is 0.227 e.